The summed E-state index contributed by atoms with van der Waals surface area (Å²) in [5.41, 5.74) is 2.74. The van der Waals surface area contributed by atoms with Crippen molar-refractivity contribution in [1.29, 1.82) is 0 Å². The molecular formula is C36H48Sn. The van der Waals surface area contributed by atoms with Gasteiger partial charge in [0.05, 0.1) is 0 Å². The van der Waals surface area contributed by atoms with Crippen LogP contribution in [0.15, 0.2) is 60.7 Å². The van der Waals surface area contributed by atoms with Gasteiger partial charge in [0.25, 0.3) is 0 Å². The van der Waals surface area contributed by atoms with Gasteiger partial charge < -0.3 is 0 Å². The molecule has 2 aromatic rings. The summed E-state index contributed by atoms with van der Waals surface area (Å²) in [6.45, 7) is 17.6. The van der Waals surface area contributed by atoms with Gasteiger partial charge in [-0.15, -0.1) is 0 Å². The van der Waals surface area contributed by atoms with Crippen molar-refractivity contribution in [3.05, 3.63) is 71.8 Å². The first-order chi connectivity index (χ1) is 17.5. The van der Waals surface area contributed by atoms with Crippen LogP contribution in [0.2, 0.25) is 8.87 Å². The average molecular weight is 599 g/mol. The Bertz CT molecular complexity index is 1080. The van der Waals surface area contributed by atoms with Crippen LogP contribution in [0.5, 0.6) is 0 Å². The van der Waals surface area contributed by atoms with Crippen molar-refractivity contribution >= 4 is 37.7 Å². The molecule has 0 saturated carbocycles. The zero-order chi connectivity index (χ0) is 27.4. The van der Waals surface area contributed by atoms with Crippen LogP contribution in [0.3, 0.4) is 0 Å². The van der Waals surface area contributed by atoms with Crippen LogP contribution in [0.25, 0.3) is 12.2 Å². The van der Waals surface area contributed by atoms with Crippen molar-refractivity contribution in [3.63, 3.8) is 0 Å². The van der Waals surface area contributed by atoms with E-state index in [1.165, 1.54) is 45.7 Å². The minimum atomic E-state index is -3.10. The molecule has 0 bridgehead atoms. The Kier molecular flexibility index (Phi) is 12.3. The third kappa shape index (κ3) is 10.3. The third-order valence-electron chi connectivity index (χ3n) is 6.45. The van der Waals surface area contributed by atoms with E-state index in [4.69, 9.17) is 0 Å². The van der Waals surface area contributed by atoms with E-state index in [-0.39, 0.29) is 10.8 Å². The van der Waals surface area contributed by atoms with Gasteiger partial charge in [0.2, 0.25) is 0 Å². The summed E-state index contributed by atoms with van der Waals surface area (Å²) < 4.78 is 5.91. The SMILES string of the molecule is CCC[CH2][Sn]([CH2]CCC)([c]1ccccc1/C=C\C#CC(C)(C)C)[c]1ccccc1/C=C\C#CC(C)(C)C. The molecule has 0 N–H and O–H groups in total. The van der Waals surface area contributed by atoms with Crippen molar-refractivity contribution in [2.75, 3.05) is 0 Å². The summed E-state index contributed by atoms with van der Waals surface area (Å²) in [7, 11) is 0. The molecule has 0 spiro atoms. The maximum atomic E-state index is 3.36. The van der Waals surface area contributed by atoms with Gasteiger partial charge in [-0.3, -0.25) is 0 Å². The number of unbranched alkanes of at least 4 members (excludes halogenated alkanes) is 2. The van der Waals surface area contributed by atoms with Crippen LogP contribution < -0.4 is 7.16 Å². The van der Waals surface area contributed by atoms with Crippen molar-refractivity contribution in [1.82, 2.24) is 0 Å². The predicted molar refractivity (Wildman–Crippen MR) is 170 cm³/mol. The van der Waals surface area contributed by atoms with E-state index in [9.17, 15) is 0 Å². The standard InChI is InChI=1S/2C14H15.2C4H9.Sn/c2*1-14(2,3)12-8-7-11-13-9-5-4-6-10-13;2*1-3-4-2;/h2*4-7,9,11H,1-3H3;2*1,3-4H2,2H3;/b2*11-7-;;;. The summed E-state index contributed by atoms with van der Waals surface area (Å²) >= 11 is -3.10. The molecule has 0 atom stereocenters. The van der Waals surface area contributed by atoms with Crippen LogP contribution in [-0.4, -0.2) is 18.4 Å². The van der Waals surface area contributed by atoms with Gasteiger partial charge in [0.1, 0.15) is 0 Å². The fraction of sp³-hybridized carbons (Fsp3) is 0.444. The van der Waals surface area contributed by atoms with E-state index >= 15 is 0 Å². The second kappa shape index (κ2) is 14.7. The Hall–Kier alpha value is -2.16. The van der Waals surface area contributed by atoms with Crippen LogP contribution >= 0.6 is 0 Å². The molecule has 0 aliphatic carbocycles. The Balaban J connectivity index is 2.74. The minimum absolute atomic E-state index is 0.0102. The second-order valence-electron chi connectivity index (χ2n) is 12.2. The first-order valence-corrected chi connectivity index (χ1v) is 21.0. The molecule has 0 aromatic heterocycles. The van der Waals surface area contributed by atoms with Gasteiger partial charge in [0.15, 0.2) is 0 Å². The fourth-order valence-electron chi connectivity index (χ4n) is 4.70. The summed E-state index contributed by atoms with van der Waals surface area (Å²) in [4.78, 5) is 0. The first-order valence-electron chi connectivity index (χ1n) is 14.1. The summed E-state index contributed by atoms with van der Waals surface area (Å²) in [6.07, 6.45) is 13.7. The summed E-state index contributed by atoms with van der Waals surface area (Å²) in [5.74, 6) is 13.3. The molecule has 0 unspecified atom stereocenters. The van der Waals surface area contributed by atoms with E-state index in [1.54, 1.807) is 7.16 Å². The van der Waals surface area contributed by atoms with Crippen LogP contribution in [-0.2, 0) is 0 Å². The number of allylic oxidation sites excluding steroid dienone is 2. The molecule has 1 heteroatoms. The molecule has 0 aliphatic heterocycles. The number of rotatable bonds is 10. The van der Waals surface area contributed by atoms with Crippen molar-refractivity contribution < 1.29 is 0 Å². The van der Waals surface area contributed by atoms with Gasteiger partial charge in [-0.2, -0.15) is 0 Å². The summed E-state index contributed by atoms with van der Waals surface area (Å²) in [5, 5.41) is 0. The normalized spacial score (nSPS) is 12.3. The zero-order valence-electron chi connectivity index (χ0n) is 24.7. The third-order valence-corrected chi connectivity index (χ3v) is 21.8. The quantitative estimate of drug-likeness (QED) is 0.189. The van der Waals surface area contributed by atoms with Crippen molar-refractivity contribution in [2.45, 2.75) is 89.9 Å². The molecule has 0 amide bonds. The van der Waals surface area contributed by atoms with E-state index in [0.29, 0.717) is 0 Å². The van der Waals surface area contributed by atoms with E-state index in [1.807, 2.05) is 0 Å². The molecule has 0 saturated heterocycles. The van der Waals surface area contributed by atoms with Gasteiger partial charge in [-0.05, 0) is 0 Å². The van der Waals surface area contributed by atoms with E-state index < -0.39 is 18.4 Å². The van der Waals surface area contributed by atoms with Gasteiger partial charge in [0, 0.05) is 0 Å². The summed E-state index contributed by atoms with van der Waals surface area (Å²) in [6, 6.07) is 18.4. The monoisotopic (exact) mass is 600 g/mol. The van der Waals surface area contributed by atoms with E-state index in [2.05, 4.69) is 152 Å². The average Bonchev–Trinajstić information content (AvgIpc) is 2.84. The van der Waals surface area contributed by atoms with E-state index in [0.717, 1.165) is 0 Å². The Labute approximate surface area is 232 Å². The van der Waals surface area contributed by atoms with Crippen LogP contribution in [0.1, 0.15) is 92.2 Å². The molecule has 196 valence electrons. The van der Waals surface area contributed by atoms with Gasteiger partial charge in [-0.25, -0.2) is 0 Å². The number of hydrogen-bond acceptors (Lipinski definition) is 0. The van der Waals surface area contributed by atoms with Crippen molar-refractivity contribution in [3.8, 4) is 23.7 Å². The molecule has 2 aromatic carbocycles. The predicted octanol–water partition coefficient (Wildman–Crippen LogP) is 8.98. The second-order valence-corrected chi connectivity index (χ2v) is 24.3. The van der Waals surface area contributed by atoms with Crippen molar-refractivity contribution in [2.24, 2.45) is 10.8 Å². The molecule has 37 heavy (non-hydrogen) atoms. The van der Waals surface area contributed by atoms with Crippen LogP contribution in [0, 0.1) is 34.5 Å². The molecule has 0 fully saturated rings. The van der Waals surface area contributed by atoms with Crippen LogP contribution in [0.4, 0.5) is 0 Å². The molecule has 0 nitrogen and oxygen atoms in total. The fourth-order valence-corrected chi connectivity index (χ4v) is 21.3. The molecule has 0 radical (unpaired) electrons. The topological polar surface area (TPSA) is 0 Å². The number of benzene rings is 2. The zero-order valence-corrected chi connectivity index (χ0v) is 27.5. The molecule has 2 rings (SSSR count). The number of hydrogen-bond donors (Lipinski definition) is 0. The van der Waals surface area contributed by atoms with Gasteiger partial charge >= 0.3 is 234 Å². The maximum absolute atomic E-state index is 3.36. The molecular weight excluding hydrogens is 551 g/mol. The van der Waals surface area contributed by atoms with Gasteiger partial charge in [-0.1, -0.05) is 0 Å². The molecule has 0 aliphatic rings. The Morgan fingerprint density at radius 2 is 1.00 bits per heavy atom. The Morgan fingerprint density at radius 3 is 1.35 bits per heavy atom. The first kappa shape index (κ1) is 31.1. The molecule has 0 heterocycles. The Morgan fingerprint density at radius 1 is 0.622 bits per heavy atom.